The van der Waals surface area contributed by atoms with E-state index in [1.165, 1.54) is 11.1 Å². The Morgan fingerprint density at radius 3 is 2.04 bits per heavy atom. The standard InChI is InChI=1S/C24H26N2OS/c1-17(2)27-22-15-13-21(14-16-22)25-24(28)26-23(19-7-5-4-6-8-19)20-11-9-18(3)10-12-20/h4-17,23H,1-3H3,(H2,25,26,28)/t23-/m0/s1. The number of hydrogen-bond acceptors (Lipinski definition) is 2. The molecule has 0 amide bonds. The van der Waals surface area contributed by atoms with E-state index in [0.29, 0.717) is 5.11 Å². The van der Waals surface area contributed by atoms with E-state index in [2.05, 4.69) is 54.0 Å². The van der Waals surface area contributed by atoms with Gasteiger partial charge in [0.2, 0.25) is 0 Å². The molecular weight excluding hydrogens is 364 g/mol. The summed E-state index contributed by atoms with van der Waals surface area (Å²) in [5.41, 5.74) is 4.49. The molecule has 144 valence electrons. The van der Waals surface area contributed by atoms with Gasteiger partial charge in [0.05, 0.1) is 12.1 Å². The zero-order valence-electron chi connectivity index (χ0n) is 16.5. The topological polar surface area (TPSA) is 33.3 Å². The highest BCUT2D eigenvalue weighted by Crippen LogP contribution is 2.23. The van der Waals surface area contributed by atoms with Gasteiger partial charge in [0.1, 0.15) is 5.75 Å². The van der Waals surface area contributed by atoms with Crippen LogP contribution in [0.25, 0.3) is 0 Å². The SMILES string of the molecule is Cc1ccc([C@@H](NC(=S)Nc2ccc(OC(C)C)cc2)c2ccccc2)cc1. The molecule has 0 saturated carbocycles. The highest BCUT2D eigenvalue weighted by Gasteiger charge is 2.15. The molecule has 0 fully saturated rings. The molecule has 0 saturated heterocycles. The summed E-state index contributed by atoms with van der Waals surface area (Å²) in [6.45, 7) is 6.12. The lowest BCUT2D eigenvalue weighted by molar-refractivity contribution is 0.242. The summed E-state index contributed by atoms with van der Waals surface area (Å²) in [5.74, 6) is 0.848. The van der Waals surface area contributed by atoms with Crippen molar-refractivity contribution in [3.8, 4) is 5.75 Å². The van der Waals surface area contributed by atoms with Gasteiger partial charge in [0, 0.05) is 5.69 Å². The highest BCUT2D eigenvalue weighted by atomic mass is 32.1. The van der Waals surface area contributed by atoms with Gasteiger partial charge >= 0.3 is 0 Å². The number of thiocarbonyl (C=S) groups is 1. The van der Waals surface area contributed by atoms with Crippen molar-refractivity contribution in [2.45, 2.75) is 32.9 Å². The van der Waals surface area contributed by atoms with Crippen LogP contribution >= 0.6 is 12.2 Å². The zero-order chi connectivity index (χ0) is 19.9. The van der Waals surface area contributed by atoms with Crippen molar-refractivity contribution in [2.24, 2.45) is 0 Å². The Balaban J connectivity index is 1.73. The van der Waals surface area contributed by atoms with Gasteiger partial charge in [-0.05, 0) is 68.4 Å². The van der Waals surface area contributed by atoms with Gasteiger partial charge < -0.3 is 15.4 Å². The predicted molar refractivity (Wildman–Crippen MR) is 121 cm³/mol. The third-order valence-electron chi connectivity index (χ3n) is 4.30. The molecule has 0 aromatic heterocycles. The molecule has 28 heavy (non-hydrogen) atoms. The van der Waals surface area contributed by atoms with E-state index in [1.54, 1.807) is 0 Å². The molecule has 0 bridgehead atoms. The number of ether oxygens (including phenoxy) is 1. The second-order valence-corrected chi connectivity index (χ2v) is 7.45. The van der Waals surface area contributed by atoms with Crippen LogP contribution in [0.2, 0.25) is 0 Å². The van der Waals surface area contributed by atoms with Crippen LogP contribution in [-0.4, -0.2) is 11.2 Å². The average molecular weight is 391 g/mol. The van der Waals surface area contributed by atoms with E-state index in [1.807, 2.05) is 56.3 Å². The van der Waals surface area contributed by atoms with Crippen LogP contribution in [0.4, 0.5) is 5.69 Å². The first-order valence-electron chi connectivity index (χ1n) is 9.47. The Kier molecular flexibility index (Phi) is 6.66. The molecule has 0 aliphatic heterocycles. The monoisotopic (exact) mass is 390 g/mol. The van der Waals surface area contributed by atoms with Gasteiger partial charge in [0.25, 0.3) is 0 Å². The average Bonchev–Trinajstić information content (AvgIpc) is 2.69. The molecule has 3 nitrogen and oxygen atoms in total. The first kappa shape index (κ1) is 19.9. The number of aryl methyl sites for hydroxylation is 1. The smallest absolute Gasteiger partial charge is 0.171 e. The Bertz CT molecular complexity index is 890. The van der Waals surface area contributed by atoms with Crippen molar-refractivity contribution in [2.75, 3.05) is 5.32 Å². The third kappa shape index (κ3) is 5.57. The molecule has 2 N–H and O–H groups in total. The van der Waals surface area contributed by atoms with Gasteiger partial charge in [-0.25, -0.2) is 0 Å². The quantitative estimate of drug-likeness (QED) is 0.517. The largest absolute Gasteiger partial charge is 0.491 e. The first-order chi connectivity index (χ1) is 13.5. The first-order valence-corrected chi connectivity index (χ1v) is 9.88. The highest BCUT2D eigenvalue weighted by molar-refractivity contribution is 7.80. The normalized spacial score (nSPS) is 11.7. The minimum absolute atomic E-state index is 0.0228. The molecular formula is C24H26N2OS. The number of rotatable bonds is 6. The summed E-state index contributed by atoms with van der Waals surface area (Å²) in [4.78, 5) is 0. The van der Waals surface area contributed by atoms with Crippen LogP contribution in [0.3, 0.4) is 0 Å². The Morgan fingerprint density at radius 2 is 1.43 bits per heavy atom. The van der Waals surface area contributed by atoms with Gasteiger partial charge in [0.15, 0.2) is 5.11 Å². The lowest BCUT2D eigenvalue weighted by Crippen LogP contribution is -2.33. The molecule has 0 heterocycles. The summed E-state index contributed by atoms with van der Waals surface area (Å²) in [5, 5.41) is 7.30. The summed E-state index contributed by atoms with van der Waals surface area (Å²) in [6, 6.07) is 26.6. The van der Waals surface area contributed by atoms with Gasteiger partial charge in [-0.1, -0.05) is 60.2 Å². The molecule has 0 spiro atoms. The number of anilines is 1. The fraction of sp³-hybridized carbons (Fsp3) is 0.208. The summed E-state index contributed by atoms with van der Waals surface area (Å²) in [7, 11) is 0. The summed E-state index contributed by atoms with van der Waals surface area (Å²) >= 11 is 5.59. The molecule has 3 aromatic carbocycles. The van der Waals surface area contributed by atoms with E-state index in [0.717, 1.165) is 17.0 Å². The van der Waals surface area contributed by atoms with Crippen molar-refractivity contribution in [1.29, 1.82) is 0 Å². The Labute approximate surface area is 172 Å². The summed E-state index contributed by atoms with van der Waals surface area (Å²) in [6.07, 6.45) is 0.155. The molecule has 0 unspecified atom stereocenters. The predicted octanol–water partition coefficient (Wildman–Crippen LogP) is 5.86. The number of benzene rings is 3. The Hall–Kier alpha value is -2.85. The minimum atomic E-state index is -0.0228. The van der Waals surface area contributed by atoms with Crippen LogP contribution in [0.5, 0.6) is 5.75 Å². The molecule has 0 radical (unpaired) electrons. The van der Waals surface area contributed by atoms with E-state index < -0.39 is 0 Å². The van der Waals surface area contributed by atoms with Gasteiger partial charge in [-0.3, -0.25) is 0 Å². The fourth-order valence-electron chi connectivity index (χ4n) is 2.95. The second-order valence-electron chi connectivity index (χ2n) is 7.04. The minimum Gasteiger partial charge on any atom is -0.491 e. The zero-order valence-corrected chi connectivity index (χ0v) is 17.3. The molecule has 3 aromatic rings. The summed E-state index contributed by atoms with van der Waals surface area (Å²) < 4.78 is 5.69. The second kappa shape index (κ2) is 9.38. The van der Waals surface area contributed by atoms with Crippen molar-refractivity contribution in [1.82, 2.24) is 5.32 Å². The van der Waals surface area contributed by atoms with Crippen molar-refractivity contribution >= 4 is 23.0 Å². The maximum absolute atomic E-state index is 5.69. The van der Waals surface area contributed by atoms with E-state index in [4.69, 9.17) is 17.0 Å². The lowest BCUT2D eigenvalue weighted by atomic mass is 9.98. The van der Waals surface area contributed by atoms with Crippen LogP contribution in [0.1, 0.15) is 36.6 Å². The Morgan fingerprint density at radius 1 is 0.821 bits per heavy atom. The maximum atomic E-state index is 5.69. The van der Waals surface area contributed by atoms with Crippen LogP contribution in [0, 0.1) is 6.92 Å². The van der Waals surface area contributed by atoms with Crippen LogP contribution in [0.15, 0.2) is 78.9 Å². The molecule has 0 aliphatic carbocycles. The van der Waals surface area contributed by atoms with Crippen molar-refractivity contribution in [3.63, 3.8) is 0 Å². The maximum Gasteiger partial charge on any atom is 0.171 e. The molecule has 4 heteroatoms. The molecule has 1 atom stereocenters. The van der Waals surface area contributed by atoms with Gasteiger partial charge in [-0.2, -0.15) is 0 Å². The van der Waals surface area contributed by atoms with E-state index >= 15 is 0 Å². The molecule has 3 rings (SSSR count). The van der Waals surface area contributed by atoms with Crippen LogP contribution in [-0.2, 0) is 0 Å². The van der Waals surface area contributed by atoms with Crippen LogP contribution < -0.4 is 15.4 Å². The molecule has 0 aliphatic rings. The third-order valence-corrected chi connectivity index (χ3v) is 4.52. The van der Waals surface area contributed by atoms with Crippen molar-refractivity contribution < 1.29 is 4.74 Å². The number of nitrogens with one attached hydrogen (secondary N) is 2. The number of hydrogen-bond donors (Lipinski definition) is 2. The fourth-order valence-corrected chi connectivity index (χ4v) is 3.19. The van der Waals surface area contributed by atoms with E-state index in [9.17, 15) is 0 Å². The van der Waals surface area contributed by atoms with E-state index in [-0.39, 0.29) is 12.1 Å². The van der Waals surface area contributed by atoms with Crippen molar-refractivity contribution in [3.05, 3.63) is 95.6 Å². The van der Waals surface area contributed by atoms with Gasteiger partial charge in [-0.15, -0.1) is 0 Å². The lowest BCUT2D eigenvalue weighted by Gasteiger charge is -2.22.